The van der Waals surface area contributed by atoms with Crippen LogP contribution < -0.4 is 4.74 Å². The highest BCUT2D eigenvalue weighted by Gasteiger charge is 2.32. The van der Waals surface area contributed by atoms with E-state index in [0.717, 1.165) is 23.5 Å². The molecule has 3 rings (SSSR count). The smallest absolute Gasteiger partial charge is 0.417 e. The van der Waals surface area contributed by atoms with Crippen molar-refractivity contribution in [1.29, 1.82) is 5.26 Å². The minimum absolute atomic E-state index is 0.338. The monoisotopic (exact) mass is 436 g/mol. The number of aromatic nitrogens is 1. The van der Waals surface area contributed by atoms with Gasteiger partial charge in [-0.05, 0) is 41.8 Å². The van der Waals surface area contributed by atoms with E-state index in [-0.39, 0.29) is 0 Å². The molecular weight excluding hydrogens is 425 g/mol. The third kappa shape index (κ3) is 4.64. The van der Waals surface area contributed by atoms with Gasteiger partial charge in [0.2, 0.25) is 9.84 Å². The van der Waals surface area contributed by atoms with E-state index < -0.39 is 31.5 Å². The Morgan fingerprint density at radius 3 is 2.45 bits per heavy atom. The SMILES string of the molecule is N#C/C(=C\c1sccc1Oc1ccccc1)S(=O)(=O)c1ccc(C(F)(F)F)cn1. The topological polar surface area (TPSA) is 80.0 Å². The van der Waals surface area contributed by atoms with Crippen LogP contribution in [0.2, 0.25) is 0 Å². The van der Waals surface area contributed by atoms with Crippen LogP contribution in [0.4, 0.5) is 13.2 Å². The van der Waals surface area contributed by atoms with Crippen LogP contribution in [0.5, 0.6) is 11.5 Å². The molecule has 2 aromatic heterocycles. The molecule has 148 valence electrons. The molecule has 1 aromatic carbocycles. The Balaban J connectivity index is 1.94. The number of para-hydroxylation sites is 1. The number of benzene rings is 1. The first kappa shape index (κ1) is 20.6. The van der Waals surface area contributed by atoms with Gasteiger partial charge in [0.25, 0.3) is 0 Å². The number of rotatable bonds is 5. The van der Waals surface area contributed by atoms with Crippen molar-refractivity contribution in [1.82, 2.24) is 4.98 Å². The normalized spacial score (nSPS) is 12.4. The molecule has 2 heterocycles. The molecule has 0 aliphatic heterocycles. The maximum atomic E-state index is 12.7. The van der Waals surface area contributed by atoms with Gasteiger partial charge in [0, 0.05) is 6.20 Å². The second-order valence-electron chi connectivity index (χ2n) is 5.57. The van der Waals surface area contributed by atoms with Crippen molar-refractivity contribution in [2.45, 2.75) is 11.2 Å². The summed E-state index contributed by atoms with van der Waals surface area (Å²) in [6.45, 7) is 0. The number of nitriles is 1. The lowest BCUT2D eigenvalue weighted by atomic mass is 10.3. The highest BCUT2D eigenvalue weighted by molar-refractivity contribution is 7.95. The summed E-state index contributed by atoms with van der Waals surface area (Å²) >= 11 is 1.14. The molecule has 0 unspecified atom stereocenters. The molecule has 29 heavy (non-hydrogen) atoms. The average Bonchev–Trinajstić information content (AvgIpc) is 3.13. The van der Waals surface area contributed by atoms with Gasteiger partial charge in [0.05, 0.1) is 10.4 Å². The first-order valence-corrected chi connectivity index (χ1v) is 10.3. The summed E-state index contributed by atoms with van der Waals surface area (Å²) in [5.41, 5.74) is -1.09. The van der Waals surface area contributed by atoms with Crippen molar-refractivity contribution in [2.24, 2.45) is 0 Å². The maximum Gasteiger partial charge on any atom is 0.417 e. The second kappa shape index (κ2) is 8.06. The van der Waals surface area contributed by atoms with E-state index in [0.29, 0.717) is 28.6 Å². The lowest BCUT2D eigenvalue weighted by Crippen LogP contribution is -2.09. The van der Waals surface area contributed by atoms with Gasteiger partial charge >= 0.3 is 6.18 Å². The lowest BCUT2D eigenvalue weighted by molar-refractivity contribution is -0.137. The van der Waals surface area contributed by atoms with Gasteiger partial charge in [-0.15, -0.1) is 11.3 Å². The molecule has 0 aliphatic carbocycles. The molecule has 0 fully saturated rings. The van der Waals surface area contributed by atoms with Crippen LogP contribution in [-0.4, -0.2) is 13.4 Å². The van der Waals surface area contributed by atoms with E-state index in [1.807, 2.05) is 0 Å². The largest absolute Gasteiger partial charge is 0.456 e. The summed E-state index contributed by atoms with van der Waals surface area (Å²) < 4.78 is 68.9. The zero-order valence-corrected chi connectivity index (χ0v) is 16.1. The van der Waals surface area contributed by atoms with Crippen LogP contribution in [0.3, 0.4) is 0 Å². The number of nitrogens with zero attached hydrogens (tertiary/aromatic N) is 2. The minimum Gasteiger partial charge on any atom is -0.456 e. The number of allylic oxidation sites excluding steroid dienone is 1. The number of ether oxygens (including phenoxy) is 1. The van der Waals surface area contributed by atoms with Crippen LogP contribution in [0, 0.1) is 11.3 Å². The number of hydrogen-bond donors (Lipinski definition) is 0. The van der Waals surface area contributed by atoms with Crippen LogP contribution >= 0.6 is 11.3 Å². The van der Waals surface area contributed by atoms with E-state index >= 15 is 0 Å². The van der Waals surface area contributed by atoms with E-state index in [1.54, 1.807) is 47.8 Å². The number of sulfone groups is 1. The van der Waals surface area contributed by atoms with Crippen molar-refractivity contribution in [3.05, 3.63) is 75.5 Å². The summed E-state index contributed by atoms with van der Waals surface area (Å²) in [5, 5.41) is 10.3. The van der Waals surface area contributed by atoms with Crippen molar-refractivity contribution < 1.29 is 26.3 Å². The van der Waals surface area contributed by atoms with E-state index in [2.05, 4.69) is 4.98 Å². The summed E-state index contributed by atoms with van der Waals surface area (Å²) in [5.74, 6) is 0.857. The Morgan fingerprint density at radius 2 is 1.86 bits per heavy atom. The van der Waals surface area contributed by atoms with Crippen LogP contribution in [0.15, 0.2) is 70.0 Å². The highest BCUT2D eigenvalue weighted by Crippen LogP contribution is 2.33. The second-order valence-corrected chi connectivity index (χ2v) is 8.38. The number of halogens is 3. The number of hydrogen-bond acceptors (Lipinski definition) is 6. The predicted octanol–water partition coefficient (Wildman–Crippen LogP) is 5.29. The van der Waals surface area contributed by atoms with Crippen molar-refractivity contribution in [2.75, 3.05) is 0 Å². The third-order valence-electron chi connectivity index (χ3n) is 3.63. The van der Waals surface area contributed by atoms with Gasteiger partial charge in [0.1, 0.15) is 17.6 Å². The molecule has 0 radical (unpaired) electrons. The van der Waals surface area contributed by atoms with Gasteiger partial charge in [-0.1, -0.05) is 18.2 Å². The predicted molar refractivity (Wildman–Crippen MR) is 101 cm³/mol. The Morgan fingerprint density at radius 1 is 1.14 bits per heavy atom. The first-order chi connectivity index (χ1) is 13.7. The van der Waals surface area contributed by atoms with Gasteiger partial charge in [-0.25, -0.2) is 13.4 Å². The zero-order valence-electron chi connectivity index (χ0n) is 14.4. The summed E-state index contributed by atoms with van der Waals surface area (Å²) in [6, 6.07) is 13.3. The van der Waals surface area contributed by atoms with Gasteiger partial charge in [-0.2, -0.15) is 18.4 Å². The Hall–Kier alpha value is -3.16. The van der Waals surface area contributed by atoms with Crippen molar-refractivity contribution >= 4 is 27.3 Å². The van der Waals surface area contributed by atoms with Crippen molar-refractivity contribution in [3.8, 4) is 17.6 Å². The van der Waals surface area contributed by atoms with Crippen molar-refractivity contribution in [3.63, 3.8) is 0 Å². The fourth-order valence-electron chi connectivity index (χ4n) is 2.22. The Kier molecular flexibility index (Phi) is 5.72. The quantitative estimate of drug-likeness (QED) is 0.508. The molecule has 10 heteroatoms. The van der Waals surface area contributed by atoms with Crippen LogP contribution in [0.1, 0.15) is 10.4 Å². The summed E-state index contributed by atoms with van der Waals surface area (Å²) in [6.07, 6.45) is -3.13. The third-order valence-corrected chi connectivity index (χ3v) is 6.05. The molecule has 0 saturated carbocycles. The Bertz CT molecular complexity index is 1180. The van der Waals surface area contributed by atoms with E-state index in [1.165, 1.54) is 0 Å². The molecule has 3 aromatic rings. The average molecular weight is 436 g/mol. The molecule has 5 nitrogen and oxygen atoms in total. The Labute approximate surface area is 168 Å². The fraction of sp³-hybridized carbons (Fsp3) is 0.0526. The molecule has 0 N–H and O–H groups in total. The van der Waals surface area contributed by atoms with Gasteiger partial charge < -0.3 is 4.74 Å². The summed E-state index contributed by atoms with van der Waals surface area (Å²) in [7, 11) is -4.41. The molecule has 0 saturated heterocycles. The molecule has 0 atom stereocenters. The van der Waals surface area contributed by atoms with Gasteiger partial charge in [-0.3, -0.25) is 0 Å². The van der Waals surface area contributed by atoms with Crippen LogP contribution in [-0.2, 0) is 16.0 Å². The van der Waals surface area contributed by atoms with E-state index in [4.69, 9.17) is 4.74 Å². The zero-order chi connectivity index (χ0) is 21.1. The first-order valence-electron chi connectivity index (χ1n) is 7.92. The molecular formula is C19H11F3N2O3S2. The van der Waals surface area contributed by atoms with E-state index in [9.17, 15) is 26.9 Å². The molecule has 0 amide bonds. The summed E-state index contributed by atoms with van der Waals surface area (Å²) in [4.78, 5) is 3.08. The lowest BCUT2D eigenvalue weighted by Gasteiger charge is -2.07. The maximum absolute atomic E-state index is 12.7. The number of thiophene rings is 1. The van der Waals surface area contributed by atoms with Gasteiger partial charge in [0.15, 0.2) is 9.93 Å². The molecule has 0 aliphatic rings. The molecule has 0 bridgehead atoms. The standard InChI is InChI=1S/C19H11F3N2O3S2/c20-19(21,22)13-6-7-18(24-12-13)29(25,26)15(11-23)10-17-16(8-9-28-17)27-14-4-2-1-3-5-14/h1-10,12H/b15-10+. The highest BCUT2D eigenvalue weighted by atomic mass is 32.2. The fourth-order valence-corrected chi connectivity index (χ4v) is 4.10. The minimum atomic E-state index is -4.65. The molecule has 0 spiro atoms. The number of alkyl halides is 3. The van der Waals surface area contributed by atoms with Crippen LogP contribution in [0.25, 0.3) is 6.08 Å². The number of pyridine rings is 1.